The Kier molecular flexibility index (Phi) is 4.01. The van der Waals surface area contributed by atoms with Gasteiger partial charge < -0.3 is 10.2 Å². The molecule has 2 N–H and O–H groups in total. The normalized spacial score (nSPS) is 49.0. The van der Waals surface area contributed by atoms with Crippen molar-refractivity contribution in [2.24, 2.45) is 34.5 Å². The van der Waals surface area contributed by atoms with E-state index in [1.54, 1.807) is 0 Å². The molecular weight excluding hydrogens is 316 g/mol. The van der Waals surface area contributed by atoms with E-state index in [2.05, 4.69) is 13.8 Å². The average molecular weight is 346 g/mol. The molecule has 0 aromatic heterocycles. The number of rotatable bonds is 2. The highest BCUT2D eigenvalue weighted by atomic mass is 16.3. The first-order valence-electron chi connectivity index (χ1n) is 9.87. The summed E-state index contributed by atoms with van der Waals surface area (Å²) in [6.07, 6.45) is 7.32. The highest BCUT2D eigenvalue weighted by molar-refractivity contribution is 5.91. The van der Waals surface area contributed by atoms with Crippen molar-refractivity contribution in [2.45, 2.75) is 64.9 Å². The van der Waals surface area contributed by atoms with Crippen molar-refractivity contribution in [1.82, 2.24) is 0 Å². The van der Waals surface area contributed by atoms with Crippen LogP contribution in [-0.2, 0) is 9.59 Å². The molecule has 0 spiro atoms. The van der Waals surface area contributed by atoms with Crippen LogP contribution in [0.25, 0.3) is 0 Å². The van der Waals surface area contributed by atoms with Gasteiger partial charge in [0.25, 0.3) is 0 Å². The third-order valence-electron chi connectivity index (χ3n) is 8.44. The molecule has 0 aromatic rings. The maximum atomic E-state index is 12.3. The van der Waals surface area contributed by atoms with Gasteiger partial charge in [0.1, 0.15) is 6.61 Å². The molecule has 4 rings (SSSR count). The van der Waals surface area contributed by atoms with Crippen molar-refractivity contribution in [3.05, 3.63) is 11.6 Å². The number of allylic oxidation sites excluding steroid dienone is 1. The molecule has 4 aliphatic carbocycles. The average Bonchev–Trinajstić information content (AvgIpc) is 2.91. The molecule has 1 unspecified atom stereocenters. The van der Waals surface area contributed by atoms with Crippen molar-refractivity contribution in [3.63, 3.8) is 0 Å². The van der Waals surface area contributed by atoms with Crippen LogP contribution in [0, 0.1) is 34.5 Å². The zero-order valence-corrected chi connectivity index (χ0v) is 15.3. The van der Waals surface area contributed by atoms with Gasteiger partial charge >= 0.3 is 0 Å². The van der Waals surface area contributed by atoms with E-state index in [1.165, 1.54) is 5.57 Å². The number of hydrogen-bond acceptors (Lipinski definition) is 4. The lowest BCUT2D eigenvalue weighted by Gasteiger charge is -2.59. The Balaban J connectivity index is 1.70. The Morgan fingerprint density at radius 2 is 2.00 bits per heavy atom. The third kappa shape index (κ3) is 2.33. The fourth-order valence-electron chi connectivity index (χ4n) is 7.33. The second-order valence-corrected chi connectivity index (χ2v) is 9.42. The van der Waals surface area contributed by atoms with E-state index in [-0.39, 0.29) is 40.8 Å². The van der Waals surface area contributed by atoms with E-state index in [0.29, 0.717) is 24.7 Å². The number of aliphatic hydroxyl groups excluding tert-OH is 2. The highest BCUT2D eigenvalue weighted by Gasteiger charge is 2.62. The molecule has 4 aliphatic rings. The molecule has 3 saturated carbocycles. The van der Waals surface area contributed by atoms with Gasteiger partial charge in [0.2, 0.25) is 0 Å². The van der Waals surface area contributed by atoms with Crippen LogP contribution in [0.5, 0.6) is 0 Å². The minimum atomic E-state index is -0.430. The SMILES string of the molecule is C[C@]12CCC(=O)C=C1CC[C@@H]1C3CC[C@@H](C(=O)CO)[C@]3(C)C[C@H](O)[C@@H]12. The minimum absolute atomic E-state index is 0.0541. The molecule has 4 heteroatoms. The predicted molar refractivity (Wildman–Crippen MR) is 93.7 cm³/mol. The summed E-state index contributed by atoms with van der Waals surface area (Å²) in [5.41, 5.74) is 0.979. The Hall–Kier alpha value is -1.00. The molecular formula is C21H30O4. The largest absolute Gasteiger partial charge is 0.393 e. The molecule has 0 heterocycles. The van der Waals surface area contributed by atoms with Gasteiger partial charge in [-0.25, -0.2) is 0 Å². The van der Waals surface area contributed by atoms with Crippen LogP contribution in [0.15, 0.2) is 11.6 Å². The van der Waals surface area contributed by atoms with Crippen LogP contribution in [0.2, 0.25) is 0 Å². The summed E-state index contributed by atoms with van der Waals surface area (Å²) in [5, 5.41) is 20.5. The molecule has 138 valence electrons. The molecule has 3 fully saturated rings. The maximum absolute atomic E-state index is 12.3. The predicted octanol–water partition coefficient (Wildman–Crippen LogP) is 2.67. The van der Waals surface area contributed by atoms with Crippen molar-refractivity contribution >= 4 is 11.6 Å². The lowest BCUT2D eigenvalue weighted by atomic mass is 9.46. The summed E-state index contributed by atoms with van der Waals surface area (Å²) in [4.78, 5) is 24.2. The number of hydrogen-bond donors (Lipinski definition) is 2. The van der Waals surface area contributed by atoms with E-state index < -0.39 is 6.10 Å². The van der Waals surface area contributed by atoms with Crippen molar-refractivity contribution in [3.8, 4) is 0 Å². The lowest BCUT2D eigenvalue weighted by molar-refractivity contribution is -0.146. The van der Waals surface area contributed by atoms with Gasteiger partial charge in [-0.15, -0.1) is 0 Å². The fourth-order valence-corrected chi connectivity index (χ4v) is 7.33. The van der Waals surface area contributed by atoms with Gasteiger partial charge in [-0.05, 0) is 73.2 Å². The molecule has 4 nitrogen and oxygen atoms in total. The summed E-state index contributed by atoms with van der Waals surface area (Å²) >= 11 is 0. The van der Waals surface area contributed by atoms with E-state index in [4.69, 9.17) is 0 Å². The zero-order chi connectivity index (χ0) is 18.0. The third-order valence-corrected chi connectivity index (χ3v) is 8.44. The number of Topliss-reactive ketones (excluding diaryl/α,β-unsaturated/α-hetero) is 1. The lowest BCUT2D eigenvalue weighted by Crippen LogP contribution is -2.57. The smallest absolute Gasteiger partial charge is 0.161 e. The van der Waals surface area contributed by atoms with Gasteiger partial charge in [0.05, 0.1) is 6.10 Å². The zero-order valence-electron chi connectivity index (χ0n) is 15.3. The Morgan fingerprint density at radius 3 is 2.72 bits per heavy atom. The van der Waals surface area contributed by atoms with Crippen LogP contribution in [0.4, 0.5) is 0 Å². The van der Waals surface area contributed by atoms with Gasteiger partial charge in [0, 0.05) is 12.3 Å². The molecule has 25 heavy (non-hydrogen) atoms. The maximum Gasteiger partial charge on any atom is 0.161 e. The fraction of sp³-hybridized carbons (Fsp3) is 0.810. The van der Waals surface area contributed by atoms with E-state index in [9.17, 15) is 19.8 Å². The summed E-state index contributed by atoms with van der Waals surface area (Å²) < 4.78 is 0. The Labute approximate surface area is 149 Å². The summed E-state index contributed by atoms with van der Waals surface area (Å²) in [6.45, 7) is 4.03. The van der Waals surface area contributed by atoms with Gasteiger partial charge in [0.15, 0.2) is 11.6 Å². The minimum Gasteiger partial charge on any atom is -0.393 e. The quantitative estimate of drug-likeness (QED) is 0.806. The number of carbonyl (C=O) groups is 2. The summed E-state index contributed by atoms with van der Waals surface area (Å²) in [6, 6.07) is 0. The standard InChI is InChI=1S/C21H30O4/c1-20-8-7-13(23)9-12(20)3-4-14-15-5-6-16(18(25)11-22)21(15,2)10-17(24)19(14)20/h9,14-17,19,22,24H,3-8,10-11H2,1-2H3/t14-,15?,16+,17+,19-,20+,21-/m1/s1. The van der Waals surface area contributed by atoms with Crippen molar-refractivity contribution in [1.29, 1.82) is 0 Å². The second-order valence-electron chi connectivity index (χ2n) is 9.42. The van der Waals surface area contributed by atoms with E-state index in [1.807, 2.05) is 6.08 Å². The number of ketones is 2. The van der Waals surface area contributed by atoms with Crippen molar-refractivity contribution in [2.75, 3.05) is 6.61 Å². The highest BCUT2D eigenvalue weighted by Crippen LogP contribution is 2.66. The van der Waals surface area contributed by atoms with Crippen LogP contribution >= 0.6 is 0 Å². The number of fused-ring (bicyclic) bond motifs is 5. The first kappa shape index (κ1) is 17.4. The summed E-state index contributed by atoms with van der Waals surface area (Å²) in [7, 11) is 0. The molecule has 0 aliphatic heterocycles. The topological polar surface area (TPSA) is 74.6 Å². The first-order valence-corrected chi connectivity index (χ1v) is 9.87. The van der Waals surface area contributed by atoms with Gasteiger partial charge in [-0.3, -0.25) is 9.59 Å². The molecule has 0 amide bonds. The van der Waals surface area contributed by atoms with E-state index in [0.717, 1.165) is 32.1 Å². The summed E-state index contributed by atoms with van der Waals surface area (Å²) in [5.74, 6) is 1.12. The van der Waals surface area contributed by atoms with Gasteiger partial charge in [-0.2, -0.15) is 0 Å². The Bertz CT molecular complexity index is 638. The second kappa shape index (κ2) is 5.75. The molecule has 7 atom stereocenters. The van der Waals surface area contributed by atoms with Crippen LogP contribution in [0.1, 0.15) is 58.8 Å². The molecule has 0 saturated heterocycles. The van der Waals surface area contributed by atoms with Crippen LogP contribution in [0.3, 0.4) is 0 Å². The Morgan fingerprint density at radius 1 is 1.24 bits per heavy atom. The monoisotopic (exact) mass is 346 g/mol. The van der Waals surface area contributed by atoms with Crippen LogP contribution in [-0.4, -0.2) is 34.5 Å². The first-order chi connectivity index (χ1) is 11.8. The van der Waals surface area contributed by atoms with Crippen molar-refractivity contribution < 1.29 is 19.8 Å². The molecule has 0 aromatic carbocycles. The van der Waals surface area contributed by atoms with Gasteiger partial charge in [-0.1, -0.05) is 19.4 Å². The molecule has 0 bridgehead atoms. The van der Waals surface area contributed by atoms with E-state index >= 15 is 0 Å². The van der Waals surface area contributed by atoms with Crippen LogP contribution < -0.4 is 0 Å². The number of carbonyl (C=O) groups excluding carboxylic acids is 2. The number of aliphatic hydroxyl groups is 2. The molecule has 0 radical (unpaired) electrons.